The molecular formula is C63H106O6. The Balaban J connectivity index is 4.45. The summed E-state index contributed by atoms with van der Waals surface area (Å²) in [5, 5.41) is 0. The van der Waals surface area contributed by atoms with E-state index in [0.717, 1.165) is 128 Å². The molecule has 0 aliphatic heterocycles. The van der Waals surface area contributed by atoms with Crippen molar-refractivity contribution in [3.63, 3.8) is 0 Å². The molecule has 0 saturated heterocycles. The first-order valence-electron chi connectivity index (χ1n) is 28.7. The predicted molar refractivity (Wildman–Crippen MR) is 297 cm³/mol. The van der Waals surface area contributed by atoms with Crippen LogP contribution in [0.3, 0.4) is 0 Å². The molecule has 69 heavy (non-hydrogen) atoms. The van der Waals surface area contributed by atoms with Gasteiger partial charge in [-0.15, -0.1) is 0 Å². The summed E-state index contributed by atoms with van der Waals surface area (Å²) >= 11 is 0. The van der Waals surface area contributed by atoms with Gasteiger partial charge in [0.05, 0.1) is 0 Å². The summed E-state index contributed by atoms with van der Waals surface area (Å²) in [5.74, 6) is -0.927. The van der Waals surface area contributed by atoms with Crippen LogP contribution >= 0.6 is 0 Å². The van der Waals surface area contributed by atoms with E-state index >= 15 is 0 Å². The minimum Gasteiger partial charge on any atom is -0.462 e. The number of allylic oxidation sites excluding steroid dienone is 16. The fraction of sp³-hybridized carbons (Fsp3) is 0.698. The van der Waals surface area contributed by atoms with Crippen molar-refractivity contribution in [1.82, 2.24) is 0 Å². The van der Waals surface area contributed by atoms with Crippen molar-refractivity contribution in [3.8, 4) is 0 Å². The van der Waals surface area contributed by atoms with Crippen LogP contribution in [0.2, 0.25) is 0 Å². The van der Waals surface area contributed by atoms with Gasteiger partial charge in [-0.3, -0.25) is 14.4 Å². The normalized spacial score (nSPS) is 12.8. The average Bonchev–Trinajstić information content (AvgIpc) is 3.35. The Morgan fingerprint density at radius 1 is 0.304 bits per heavy atom. The molecular weight excluding hydrogens is 853 g/mol. The minimum atomic E-state index is -0.796. The summed E-state index contributed by atoms with van der Waals surface area (Å²) in [6.07, 6.45) is 75.3. The summed E-state index contributed by atoms with van der Waals surface area (Å²) in [6.45, 7) is 6.45. The third-order valence-corrected chi connectivity index (χ3v) is 12.0. The van der Waals surface area contributed by atoms with Gasteiger partial charge in [-0.2, -0.15) is 0 Å². The molecule has 0 rings (SSSR count). The van der Waals surface area contributed by atoms with Gasteiger partial charge in [0.2, 0.25) is 0 Å². The second-order valence-corrected chi connectivity index (χ2v) is 18.8. The third kappa shape index (κ3) is 55.1. The lowest BCUT2D eigenvalue weighted by Crippen LogP contribution is -2.30. The molecule has 6 heteroatoms. The van der Waals surface area contributed by atoms with Gasteiger partial charge in [-0.25, -0.2) is 0 Å². The standard InChI is InChI=1S/C63H106O6/c1-4-7-10-13-16-19-22-25-28-30-31-33-35-38-41-44-47-50-53-56-62(65)68-59-60(58-67-61(64)55-52-49-46-43-40-37-34-27-24-21-18-15-12-9-6-3)69-63(66)57-54-51-48-45-42-39-36-32-29-26-23-20-17-14-11-8-5-2/h9,12,16-21,25-29,31,33-34,60H,4-8,10-11,13-15,22-24,30,32,35-59H2,1-3H3/b12-9-,19-16-,20-17-,21-18-,28-25-,29-26-,33-31-,34-27-/t60-/m1/s1. The molecule has 0 fully saturated rings. The van der Waals surface area contributed by atoms with E-state index in [1.807, 2.05) is 0 Å². The first-order valence-corrected chi connectivity index (χ1v) is 28.7. The first-order chi connectivity index (χ1) is 34.0. The van der Waals surface area contributed by atoms with Crippen molar-refractivity contribution in [2.24, 2.45) is 0 Å². The molecule has 0 aliphatic carbocycles. The second kappa shape index (κ2) is 56.9. The molecule has 0 heterocycles. The molecule has 0 bridgehead atoms. The van der Waals surface area contributed by atoms with Crippen LogP contribution in [0.25, 0.3) is 0 Å². The van der Waals surface area contributed by atoms with E-state index in [1.54, 1.807) is 0 Å². The first kappa shape index (κ1) is 65.3. The summed E-state index contributed by atoms with van der Waals surface area (Å²) in [5.41, 5.74) is 0. The number of carbonyl (C=O) groups is 3. The maximum absolute atomic E-state index is 12.9. The Hall–Kier alpha value is -3.67. The monoisotopic (exact) mass is 959 g/mol. The molecule has 1 atom stereocenters. The number of unbranched alkanes of at least 4 members (excludes halogenated alkanes) is 24. The van der Waals surface area contributed by atoms with Crippen molar-refractivity contribution < 1.29 is 28.6 Å². The number of hydrogen-bond acceptors (Lipinski definition) is 6. The second-order valence-electron chi connectivity index (χ2n) is 18.8. The molecule has 0 aromatic heterocycles. The highest BCUT2D eigenvalue weighted by molar-refractivity contribution is 5.71. The molecule has 0 spiro atoms. The fourth-order valence-corrected chi connectivity index (χ4v) is 7.73. The van der Waals surface area contributed by atoms with Crippen LogP contribution in [0.1, 0.15) is 265 Å². The largest absolute Gasteiger partial charge is 0.462 e. The molecule has 0 aromatic rings. The van der Waals surface area contributed by atoms with Crippen LogP contribution < -0.4 is 0 Å². The number of carbonyl (C=O) groups excluding carboxylic acids is 3. The predicted octanol–water partition coefficient (Wildman–Crippen LogP) is 19.3. The van der Waals surface area contributed by atoms with Gasteiger partial charge in [0.1, 0.15) is 13.2 Å². The summed E-state index contributed by atoms with van der Waals surface area (Å²) in [6, 6.07) is 0. The third-order valence-electron chi connectivity index (χ3n) is 12.0. The zero-order chi connectivity index (χ0) is 50.0. The van der Waals surface area contributed by atoms with Gasteiger partial charge >= 0.3 is 17.9 Å². The van der Waals surface area contributed by atoms with Gasteiger partial charge in [-0.1, -0.05) is 221 Å². The van der Waals surface area contributed by atoms with Crippen LogP contribution in [-0.2, 0) is 28.6 Å². The number of ether oxygens (including phenoxy) is 3. The Morgan fingerprint density at radius 3 is 0.884 bits per heavy atom. The van der Waals surface area contributed by atoms with E-state index in [-0.39, 0.29) is 31.1 Å². The minimum absolute atomic E-state index is 0.0939. The van der Waals surface area contributed by atoms with Gasteiger partial charge < -0.3 is 14.2 Å². The lowest BCUT2D eigenvalue weighted by Gasteiger charge is -2.18. The van der Waals surface area contributed by atoms with E-state index < -0.39 is 6.10 Å². The molecule has 0 unspecified atom stereocenters. The van der Waals surface area contributed by atoms with Gasteiger partial charge in [0.25, 0.3) is 0 Å². The number of rotatable bonds is 51. The Bertz CT molecular complexity index is 1380. The Kier molecular flexibility index (Phi) is 53.9. The summed E-state index contributed by atoms with van der Waals surface area (Å²) < 4.78 is 16.8. The number of esters is 3. The van der Waals surface area contributed by atoms with Gasteiger partial charge in [0, 0.05) is 19.3 Å². The van der Waals surface area contributed by atoms with Crippen molar-refractivity contribution in [2.45, 2.75) is 271 Å². The Labute approximate surface area is 426 Å². The highest BCUT2D eigenvalue weighted by Crippen LogP contribution is 2.14. The van der Waals surface area contributed by atoms with Crippen LogP contribution in [0.15, 0.2) is 97.2 Å². The summed E-state index contributed by atoms with van der Waals surface area (Å²) in [7, 11) is 0. The SMILES string of the molecule is CC/C=C\C/C=C\C/C=C\CCCCCCCC(=O)OC[C@H](COC(=O)CCCCCCCC/C=C\C/C=C\C/C=C\CCCCC)OC(=O)CCCCCCCCC/C=C\C/C=C\CCCCC. The molecule has 0 N–H and O–H groups in total. The van der Waals surface area contributed by atoms with Crippen LogP contribution in [-0.4, -0.2) is 37.2 Å². The smallest absolute Gasteiger partial charge is 0.306 e. The molecule has 6 nitrogen and oxygen atoms in total. The lowest BCUT2D eigenvalue weighted by atomic mass is 10.1. The molecule has 394 valence electrons. The van der Waals surface area contributed by atoms with Crippen molar-refractivity contribution in [1.29, 1.82) is 0 Å². The fourth-order valence-electron chi connectivity index (χ4n) is 7.73. The van der Waals surface area contributed by atoms with E-state index in [9.17, 15) is 14.4 Å². The van der Waals surface area contributed by atoms with E-state index in [2.05, 4.69) is 118 Å². The average molecular weight is 960 g/mol. The number of hydrogen-bond donors (Lipinski definition) is 0. The van der Waals surface area contributed by atoms with E-state index in [0.29, 0.717) is 19.3 Å². The molecule has 0 aliphatic rings. The van der Waals surface area contributed by atoms with Crippen molar-refractivity contribution in [2.75, 3.05) is 13.2 Å². The lowest BCUT2D eigenvalue weighted by molar-refractivity contribution is -0.167. The van der Waals surface area contributed by atoms with Crippen LogP contribution in [0.4, 0.5) is 0 Å². The molecule has 0 aromatic carbocycles. The van der Waals surface area contributed by atoms with Crippen LogP contribution in [0.5, 0.6) is 0 Å². The Morgan fingerprint density at radius 2 is 0.565 bits per heavy atom. The topological polar surface area (TPSA) is 78.9 Å². The zero-order valence-electron chi connectivity index (χ0n) is 45.0. The van der Waals surface area contributed by atoms with E-state index in [4.69, 9.17) is 14.2 Å². The van der Waals surface area contributed by atoms with Gasteiger partial charge in [-0.05, 0) is 122 Å². The maximum Gasteiger partial charge on any atom is 0.306 e. The molecule has 0 radical (unpaired) electrons. The highest BCUT2D eigenvalue weighted by atomic mass is 16.6. The molecule has 0 amide bonds. The van der Waals surface area contributed by atoms with Crippen LogP contribution in [0, 0.1) is 0 Å². The highest BCUT2D eigenvalue weighted by Gasteiger charge is 2.19. The van der Waals surface area contributed by atoms with Gasteiger partial charge in [0.15, 0.2) is 6.10 Å². The van der Waals surface area contributed by atoms with Crippen molar-refractivity contribution >= 4 is 17.9 Å². The zero-order valence-corrected chi connectivity index (χ0v) is 45.0. The summed E-state index contributed by atoms with van der Waals surface area (Å²) in [4.78, 5) is 38.2. The maximum atomic E-state index is 12.9. The quantitative estimate of drug-likeness (QED) is 0.0262. The van der Waals surface area contributed by atoms with E-state index in [1.165, 1.54) is 96.3 Å². The molecule has 0 saturated carbocycles. The van der Waals surface area contributed by atoms with Crippen molar-refractivity contribution in [3.05, 3.63) is 97.2 Å².